The molecule has 0 bridgehead atoms. The Hall–Kier alpha value is -8.19. The Morgan fingerprint density at radius 1 is 0.492 bits per heavy atom. The Labute approximate surface area is 365 Å². The number of allylic oxidation sites excluding steroid dienone is 2. The molecular formula is C57H34N4OS. The minimum atomic E-state index is 0.530. The Bertz CT molecular complexity index is 4070. The third-order valence-corrected chi connectivity index (χ3v) is 13.5. The first-order chi connectivity index (χ1) is 31.2. The average molecular weight is 823 g/mol. The molecule has 6 heteroatoms. The molecule has 0 aliphatic carbocycles. The van der Waals surface area contributed by atoms with Gasteiger partial charge in [0, 0.05) is 53.1 Å². The van der Waals surface area contributed by atoms with Crippen LogP contribution in [-0.2, 0) is 0 Å². The first-order valence-electron chi connectivity index (χ1n) is 21.0. The van der Waals surface area contributed by atoms with Crippen LogP contribution in [0.1, 0.15) is 5.76 Å². The van der Waals surface area contributed by atoms with E-state index in [0.717, 1.165) is 65.9 Å². The predicted octanol–water partition coefficient (Wildman–Crippen LogP) is 15.7. The maximum atomic E-state index is 6.80. The second kappa shape index (κ2) is 13.9. The van der Waals surface area contributed by atoms with E-state index in [-0.39, 0.29) is 0 Å². The molecule has 0 N–H and O–H groups in total. The van der Waals surface area contributed by atoms with Crippen LogP contribution in [0, 0.1) is 0 Å². The molecular weight excluding hydrogens is 789 g/mol. The van der Waals surface area contributed by atoms with E-state index in [4.69, 9.17) is 19.4 Å². The average Bonchev–Trinajstić information content (AvgIpc) is 4.01. The molecule has 0 saturated carbocycles. The summed E-state index contributed by atoms with van der Waals surface area (Å²) in [6.45, 7) is 4.00. The lowest BCUT2D eigenvalue weighted by molar-refractivity contribution is 0.605. The van der Waals surface area contributed by atoms with E-state index in [1.807, 2.05) is 12.2 Å². The van der Waals surface area contributed by atoms with Crippen molar-refractivity contribution < 1.29 is 4.42 Å². The highest BCUT2D eigenvalue weighted by molar-refractivity contribution is 7.25. The molecule has 0 atom stereocenters. The van der Waals surface area contributed by atoms with Gasteiger partial charge in [-0.15, -0.1) is 11.3 Å². The first kappa shape index (κ1) is 35.6. The Balaban J connectivity index is 1.10. The van der Waals surface area contributed by atoms with Gasteiger partial charge in [0.2, 0.25) is 0 Å². The number of fused-ring (bicyclic) bond motifs is 11. The minimum absolute atomic E-state index is 0.530. The monoisotopic (exact) mass is 822 g/mol. The van der Waals surface area contributed by atoms with Crippen molar-refractivity contribution in [2.24, 2.45) is 0 Å². The topological polar surface area (TPSA) is 56.7 Å². The van der Waals surface area contributed by atoms with Crippen molar-refractivity contribution in [2.45, 2.75) is 0 Å². The fourth-order valence-corrected chi connectivity index (χ4v) is 10.6. The quantitative estimate of drug-likeness (QED) is 0.157. The van der Waals surface area contributed by atoms with Crippen LogP contribution in [0.3, 0.4) is 0 Å². The van der Waals surface area contributed by atoms with Gasteiger partial charge in [-0.25, -0.2) is 15.0 Å². The van der Waals surface area contributed by atoms with Gasteiger partial charge in [0.25, 0.3) is 0 Å². The lowest BCUT2D eigenvalue weighted by Gasteiger charge is -2.12. The third kappa shape index (κ3) is 5.59. The van der Waals surface area contributed by atoms with E-state index in [1.165, 1.54) is 41.7 Å². The van der Waals surface area contributed by atoms with E-state index in [9.17, 15) is 0 Å². The van der Waals surface area contributed by atoms with Gasteiger partial charge in [0.1, 0.15) is 11.3 Å². The van der Waals surface area contributed by atoms with E-state index in [1.54, 1.807) is 17.4 Å². The molecule has 0 radical (unpaired) electrons. The number of benzene rings is 9. The molecule has 294 valence electrons. The van der Waals surface area contributed by atoms with Crippen molar-refractivity contribution >= 4 is 103 Å². The zero-order chi connectivity index (χ0) is 41.6. The van der Waals surface area contributed by atoms with Crippen LogP contribution < -0.4 is 0 Å². The molecule has 13 rings (SSSR count). The van der Waals surface area contributed by atoms with Gasteiger partial charge in [-0.1, -0.05) is 134 Å². The second-order valence-corrected chi connectivity index (χ2v) is 17.1. The van der Waals surface area contributed by atoms with Crippen molar-refractivity contribution in [3.8, 4) is 39.9 Å². The fraction of sp³-hybridized carbons (Fsp3) is 0. The summed E-state index contributed by atoms with van der Waals surface area (Å²) in [6, 6.07) is 62.6. The molecule has 4 heterocycles. The van der Waals surface area contributed by atoms with Crippen molar-refractivity contribution in [3.63, 3.8) is 0 Å². The molecule has 0 spiro atoms. The normalized spacial score (nSPS) is 12.1. The summed E-state index contributed by atoms with van der Waals surface area (Å²) in [5.74, 6) is 2.35. The van der Waals surface area contributed by atoms with Gasteiger partial charge >= 0.3 is 0 Å². The Morgan fingerprint density at radius 3 is 2.08 bits per heavy atom. The zero-order valence-corrected chi connectivity index (χ0v) is 34.6. The van der Waals surface area contributed by atoms with Crippen molar-refractivity contribution in [2.75, 3.05) is 0 Å². The van der Waals surface area contributed by atoms with Gasteiger partial charge in [-0.05, 0) is 99.1 Å². The van der Waals surface area contributed by atoms with Gasteiger partial charge < -0.3 is 8.98 Å². The van der Waals surface area contributed by atoms with Gasteiger partial charge in [-0.2, -0.15) is 0 Å². The van der Waals surface area contributed by atoms with E-state index in [2.05, 4.69) is 187 Å². The summed E-state index contributed by atoms with van der Waals surface area (Å²) in [7, 11) is 0. The molecule has 0 fully saturated rings. The van der Waals surface area contributed by atoms with E-state index < -0.39 is 0 Å². The molecule has 63 heavy (non-hydrogen) atoms. The predicted molar refractivity (Wildman–Crippen MR) is 265 cm³/mol. The highest BCUT2D eigenvalue weighted by Gasteiger charge is 2.24. The van der Waals surface area contributed by atoms with E-state index >= 15 is 0 Å². The molecule has 0 aliphatic heterocycles. The molecule has 0 unspecified atom stereocenters. The number of hydrogen-bond acceptors (Lipinski definition) is 5. The summed E-state index contributed by atoms with van der Waals surface area (Å²) in [5.41, 5.74) is 6.74. The number of hydrogen-bond donors (Lipinski definition) is 0. The summed E-state index contributed by atoms with van der Waals surface area (Å²) >= 11 is 1.80. The standard InChI is InChI=1S/C57H34N4OS/c1-2-3-22-49-54(53-44-33-39(27-24-35(44)25-28-50(53)62-49)61-47-21-10-8-18-41(47)45-30-36-14-4-5-15-37(36)32-48(45)61)57-59-55(38-26-29-52-46(31-38)42-19-9-11-23-51(42)63-52)58-56(60-57)43-20-12-16-34-13-6-7-17-40(34)43/h2-33H,1H2/b22-3-. The molecule has 0 amide bonds. The number of aromatic nitrogens is 4. The van der Waals surface area contributed by atoms with Crippen LogP contribution in [0.25, 0.3) is 131 Å². The Morgan fingerprint density at radius 2 is 1.19 bits per heavy atom. The molecule has 0 saturated heterocycles. The Kier molecular flexibility index (Phi) is 7.86. The number of rotatable bonds is 6. The molecule has 4 aromatic heterocycles. The van der Waals surface area contributed by atoms with Crippen LogP contribution in [-0.4, -0.2) is 19.5 Å². The SMILES string of the molecule is C=C/C=C\c1oc2ccc3ccc(-n4c5ccccc5c5cc6ccccc6cc54)cc3c2c1-c1nc(-c2ccc3sc4ccccc4c3c2)nc(-c2cccc3ccccc23)n1. The number of nitrogens with zero attached hydrogens (tertiary/aromatic N) is 4. The fourth-order valence-electron chi connectivity index (χ4n) is 9.51. The lowest BCUT2D eigenvalue weighted by atomic mass is 10.0. The highest BCUT2D eigenvalue weighted by Crippen LogP contribution is 2.43. The zero-order valence-electron chi connectivity index (χ0n) is 33.8. The van der Waals surface area contributed by atoms with E-state index in [0.29, 0.717) is 23.2 Å². The van der Waals surface area contributed by atoms with Gasteiger partial charge in [0.05, 0.1) is 16.6 Å². The summed E-state index contributed by atoms with van der Waals surface area (Å²) in [5, 5.41) is 12.5. The lowest BCUT2D eigenvalue weighted by Crippen LogP contribution is -2.01. The summed E-state index contributed by atoms with van der Waals surface area (Å²) in [4.78, 5) is 16.1. The highest BCUT2D eigenvalue weighted by atomic mass is 32.1. The van der Waals surface area contributed by atoms with Crippen molar-refractivity contribution in [1.29, 1.82) is 0 Å². The summed E-state index contributed by atoms with van der Waals surface area (Å²) < 4.78 is 11.7. The van der Waals surface area contributed by atoms with Gasteiger partial charge in [-0.3, -0.25) is 0 Å². The van der Waals surface area contributed by atoms with Crippen LogP contribution in [0.15, 0.2) is 199 Å². The van der Waals surface area contributed by atoms with Gasteiger partial charge in [0.15, 0.2) is 17.5 Å². The van der Waals surface area contributed by atoms with Crippen molar-refractivity contribution in [1.82, 2.24) is 19.5 Å². The molecule has 13 aromatic rings. The van der Waals surface area contributed by atoms with Crippen LogP contribution in [0.5, 0.6) is 0 Å². The number of thiophene rings is 1. The maximum Gasteiger partial charge on any atom is 0.168 e. The third-order valence-electron chi connectivity index (χ3n) is 12.4. The molecule has 0 aliphatic rings. The number of furan rings is 1. The largest absolute Gasteiger partial charge is 0.456 e. The smallest absolute Gasteiger partial charge is 0.168 e. The second-order valence-electron chi connectivity index (χ2n) is 16.0. The van der Waals surface area contributed by atoms with Crippen LogP contribution in [0.2, 0.25) is 0 Å². The maximum absolute atomic E-state index is 6.80. The first-order valence-corrected chi connectivity index (χ1v) is 21.9. The minimum Gasteiger partial charge on any atom is -0.456 e. The number of para-hydroxylation sites is 1. The van der Waals surface area contributed by atoms with Crippen molar-refractivity contribution in [3.05, 3.63) is 200 Å². The molecule has 9 aromatic carbocycles. The summed E-state index contributed by atoms with van der Waals surface area (Å²) in [6.07, 6.45) is 5.63. The molecule has 5 nitrogen and oxygen atoms in total. The van der Waals surface area contributed by atoms with Crippen LogP contribution in [0.4, 0.5) is 0 Å². The van der Waals surface area contributed by atoms with Crippen LogP contribution >= 0.6 is 11.3 Å².